The first-order valence-corrected chi connectivity index (χ1v) is 8.88. The van der Waals surface area contributed by atoms with Gasteiger partial charge in [0.25, 0.3) is 15.9 Å². The summed E-state index contributed by atoms with van der Waals surface area (Å²) in [7, 11) is -3.76. The molecule has 1 saturated heterocycles. The lowest BCUT2D eigenvalue weighted by Crippen LogP contribution is -2.29. The maximum Gasteiger partial charge on any atom is 0.276 e. The molecule has 0 saturated carbocycles. The second kappa shape index (κ2) is 6.04. The van der Waals surface area contributed by atoms with Gasteiger partial charge >= 0.3 is 0 Å². The number of anilines is 1. The van der Waals surface area contributed by atoms with E-state index in [1.807, 2.05) is 6.92 Å². The van der Waals surface area contributed by atoms with Crippen molar-refractivity contribution in [2.75, 3.05) is 17.8 Å². The van der Waals surface area contributed by atoms with Crippen molar-refractivity contribution in [3.8, 4) is 0 Å². The zero-order valence-electron chi connectivity index (χ0n) is 12.7. The molecule has 1 amide bonds. The van der Waals surface area contributed by atoms with E-state index in [9.17, 15) is 13.2 Å². The number of nitrogens with one attached hydrogen (secondary N) is 2. The van der Waals surface area contributed by atoms with Crippen molar-refractivity contribution in [1.82, 2.24) is 15.1 Å². The molecule has 0 bridgehead atoms. The Morgan fingerprint density at radius 1 is 1.22 bits per heavy atom. The van der Waals surface area contributed by atoms with E-state index in [4.69, 9.17) is 0 Å². The van der Waals surface area contributed by atoms with E-state index >= 15 is 0 Å². The van der Waals surface area contributed by atoms with Crippen molar-refractivity contribution in [2.24, 2.45) is 0 Å². The van der Waals surface area contributed by atoms with Crippen LogP contribution < -0.4 is 4.72 Å². The second-order valence-electron chi connectivity index (χ2n) is 5.57. The highest BCUT2D eigenvalue weighted by Crippen LogP contribution is 2.21. The molecule has 3 rings (SSSR count). The predicted molar refractivity (Wildman–Crippen MR) is 85.7 cm³/mol. The van der Waals surface area contributed by atoms with E-state index in [0.29, 0.717) is 13.1 Å². The number of amides is 1. The first-order chi connectivity index (χ1) is 11.0. The molecule has 1 fully saturated rings. The maximum absolute atomic E-state index is 12.4. The third-order valence-electron chi connectivity index (χ3n) is 3.81. The Morgan fingerprint density at radius 3 is 2.52 bits per heavy atom. The van der Waals surface area contributed by atoms with Crippen LogP contribution >= 0.6 is 0 Å². The lowest BCUT2D eigenvalue weighted by Gasteiger charge is -2.15. The number of carbonyl (C=O) groups excluding carboxylic acids is 1. The van der Waals surface area contributed by atoms with Crippen LogP contribution in [0, 0.1) is 6.92 Å². The molecule has 23 heavy (non-hydrogen) atoms. The van der Waals surface area contributed by atoms with Gasteiger partial charge in [-0.05, 0) is 31.9 Å². The van der Waals surface area contributed by atoms with E-state index in [1.165, 1.54) is 18.3 Å². The van der Waals surface area contributed by atoms with Gasteiger partial charge < -0.3 is 4.90 Å². The van der Waals surface area contributed by atoms with Crippen molar-refractivity contribution in [3.63, 3.8) is 0 Å². The lowest BCUT2D eigenvalue weighted by atomic mass is 10.2. The Balaban J connectivity index is 1.84. The fourth-order valence-electron chi connectivity index (χ4n) is 2.52. The molecule has 1 aromatic carbocycles. The maximum atomic E-state index is 12.4. The summed E-state index contributed by atoms with van der Waals surface area (Å²) in [6.45, 7) is 3.23. The van der Waals surface area contributed by atoms with Crippen LogP contribution in [0.3, 0.4) is 0 Å². The number of aromatic nitrogens is 2. The SMILES string of the molecule is Cc1ccc(S(=O)(=O)Nc2c[nH]nc2C(=O)N2CCCC2)cc1. The van der Waals surface area contributed by atoms with Gasteiger partial charge in [-0.3, -0.25) is 14.6 Å². The molecule has 0 spiro atoms. The van der Waals surface area contributed by atoms with Crippen LogP contribution in [0.25, 0.3) is 0 Å². The van der Waals surface area contributed by atoms with Crippen LogP contribution in [-0.4, -0.2) is 42.5 Å². The van der Waals surface area contributed by atoms with Gasteiger partial charge in [0.1, 0.15) is 0 Å². The third kappa shape index (κ3) is 3.21. The highest BCUT2D eigenvalue weighted by Gasteiger charge is 2.26. The molecule has 2 aromatic rings. The summed E-state index contributed by atoms with van der Waals surface area (Å²) >= 11 is 0. The molecular formula is C15H18N4O3S. The van der Waals surface area contributed by atoms with Gasteiger partial charge in [0.2, 0.25) is 0 Å². The Kier molecular flexibility index (Phi) is 4.08. The van der Waals surface area contributed by atoms with E-state index in [2.05, 4.69) is 14.9 Å². The summed E-state index contributed by atoms with van der Waals surface area (Å²) in [5, 5.41) is 6.47. The fraction of sp³-hybridized carbons (Fsp3) is 0.333. The quantitative estimate of drug-likeness (QED) is 0.890. The molecule has 1 aliphatic rings. The highest BCUT2D eigenvalue weighted by molar-refractivity contribution is 7.92. The van der Waals surface area contributed by atoms with Gasteiger partial charge in [0.05, 0.1) is 10.6 Å². The summed E-state index contributed by atoms with van der Waals surface area (Å²) < 4.78 is 27.3. The molecule has 0 unspecified atom stereocenters. The average Bonchev–Trinajstić information content (AvgIpc) is 3.18. The van der Waals surface area contributed by atoms with Gasteiger partial charge in [-0.1, -0.05) is 17.7 Å². The molecule has 0 aliphatic carbocycles. The number of likely N-dealkylation sites (tertiary alicyclic amines) is 1. The number of carbonyl (C=O) groups is 1. The Labute approximate surface area is 134 Å². The second-order valence-corrected chi connectivity index (χ2v) is 7.25. The van der Waals surface area contributed by atoms with Crippen molar-refractivity contribution in [2.45, 2.75) is 24.7 Å². The smallest absolute Gasteiger partial charge is 0.276 e. The zero-order valence-corrected chi connectivity index (χ0v) is 13.6. The molecular weight excluding hydrogens is 316 g/mol. The van der Waals surface area contributed by atoms with Gasteiger partial charge in [-0.25, -0.2) is 8.42 Å². The van der Waals surface area contributed by atoms with Crippen LogP contribution in [-0.2, 0) is 10.0 Å². The first-order valence-electron chi connectivity index (χ1n) is 7.40. The molecule has 1 aromatic heterocycles. The number of aryl methyl sites for hydroxylation is 1. The summed E-state index contributed by atoms with van der Waals surface area (Å²) in [4.78, 5) is 14.2. The Hall–Kier alpha value is -2.35. The monoisotopic (exact) mass is 334 g/mol. The topological polar surface area (TPSA) is 95.2 Å². The average molecular weight is 334 g/mol. The Bertz CT molecular complexity index is 806. The first kappa shape index (κ1) is 15.5. The highest BCUT2D eigenvalue weighted by atomic mass is 32.2. The lowest BCUT2D eigenvalue weighted by molar-refractivity contribution is 0.0788. The van der Waals surface area contributed by atoms with Crippen LogP contribution in [0.1, 0.15) is 28.9 Å². The van der Waals surface area contributed by atoms with Crippen molar-refractivity contribution in [1.29, 1.82) is 0 Å². The van der Waals surface area contributed by atoms with Crippen LogP contribution in [0.5, 0.6) is 0 Å². The minimum atomic E-state index is -3.76. The van der Waals surface area contributed by atoms with E-state index in [-0.39, 0.29) is 22.2 Å². The summed E-state index contributed by atoms with van der Waals surface area (Å²) in [5.41, 5.74) is 1.24. The third-order valence-corrected chi connectivity index (χ3v) is 5.19. The number of benzene rings is 1. The molecule has 8 heteroatoms. The molecule has 0 atom stereocenters. The summed E-state index contributed by atoms with van der Waals surface area (Å²) in [6.07, 6.45) is 3.30. The van der Waals surface area contributed by atoms with E-state index in [0.717, 1.165) is 18.4 Å². The number of nitrogens with zero attached hydrogens (tertiary/aromatic N) is 2. The number of aromatic amines is 1. The standard InChI is InChI=1S/C15H18N4O3S/c1-11-4-6-12(7-5-11)23(21,22)18-13-10-16-17-14(13)15(20)19-8-2-3-9-19/h4-7,10,18H,2-3,8-9H2,1H3,(H,16,17). The molecule has 0 radical (unpaired) electrons. The number of rotatable bonds is 4. The van der Waals surface area contributed by atoms with E-state index in [1.54, 1.807) is 17.0 Å². The normalized spacial score (nSPS) is 14.9. The zero-order chi connectivity index (χ0) is 16.4. The molecule has 7 nitrogen and oxygen atoms in total. The van der Waals surface area contributed by atoms with Crippen LogP contribution in [0.4, 0.5) is 5.69 Å². The minimum Gasteiger partial charge on any atom is -0.337 e. The number of H-pyrrole nitrogens is 1. The molecule has 2 N–H and O–H groups in total. The van der Waals surface area contributed by atoms with Gasteiger partial charge in [-0.15, -0.1) is 0 Å². The van der Waals surface area contributed by atoms with Crippen LogP contribution in [0.2, 0.25) is 0 Å². The molecule has 122 valence electrons. The summed E-state index contributed by atoms with van der Waals surface area (Å²) in [5.74, 6) is -0.259. The van der Waals surface area contributed by atoms with Crippen molar-refractivity contribution in [3.05, 3.63) is 41.7 Å². The van der Waals surface area contributed by atoms with Gasteiger partial charge in [-0.2, -0.15) is 5.10 Å². The van der Waals surface area contributed by atoms with Gasteiger partial charge in [0, 0.05) is 19.3 Å². The van der Waals surface area contributed by atoms with Crippen LogP contribution in [0.15, 0.2) is 35.4 Å². The number of hydrogen-bond acceptors (Lipinski definition) is 4. The van der Waals surface area contributed by atoms with E-state index < -0.39 is 10.0 Å². The van der Waals surface area contributed by atoms with Crippen molar-refractivity contribution >= 4 is 21.6 Å². The molecule has 2 heterocycles. The van der Waals surface area contributed by atoms with Gasteiger partial charge in [0.15, 0.2) is 5.69 Å². The summed E-state index contributed by atoms with van der Waals surface area (Å²) in [6, 6.07) is 6.50. The van der Waals surface area contributed by atoms with Crippen molar-refractivity contribution < 1.29 is 13.2 Å². The molecule has 1 aliphatic heterocycles. The number of hydrogen-bond donors (Lipinski definition) is 2. The largest absolute Gasteiger partial charge is 0.337 e. The number of sulfonamides is 1. The Morgan fingerprint density at radius 2 is 1.87 bits per heavy atom. The fourth-order valence-corrected chi connectivity index (χ4v) is 3.58. The predicted octanol–water partition coefficient (Wildman–Crippen LogP) is 1.75. The minimum absolute atomic E-state index is 0.0996.